The number of hydrogen-bond donors (Lipinski definition) is 1. The summed E-state index contributed by atoms with van der Waals surface area (Å²) in [4.78, 5) is 0.388. The number of nitriles is 1. The molecule has 1 N–H and O–H groups in total. The molecule has 0 radical (unpaired) electrons. The second-order valence-corrected chi connectivity index (χ2v) is 7.43. The van der Waals surface area contributed by atoms with E-state index in [0.29, 0.717) is 4.88 Å². The van der Waals surface area contributed by atoms with Crippen LogP contribution in [-0.4, -0.2) is 8.42 Å². The molecule has 2 rings (SSSR count). The Hall–Kier alpha value is -1.20. The third-order valence-corrected chi connectivity index (χ3v) is 6.06. The third kappa shape index (κ3) is 2.79. The van der Waals surface area contributed by atoms with Gasteiger partial charge in [-0.15, -0.1) is 11.3 Å². The Morgan fingerprint density at radius 1 is 1.39 bits per heavy atom. The van der Waals surface area contributed by atoms with Crippen LogP contribution in [0.3, 0.4) is 0 Å². The Kier molecular flexibility index (Phi) is 3.82. The molecule has 2 heterocycles. The summed E-state index contributed by atoms with van der Waals surface area (Å²) < 4.78 is 26.9. The van der Waals surface area contributed by atoms with Crippen LogP contribution in [0.1, 0.15) is 23.4 Å². The minimum atomic E-state index is -3.55. The van der Waals surface area contributed by atoms with Gasteiger partial charge in [0.2, 0.25) is 0 Å². The molecule has 94 valence electrons. The first kappa shape index (κ1) is 13.2. The molecule has 0 saturated heterocycles. The van der Waals surface area contributed by atoms with Crippen molar-refractivity contribution in [3.05, 3.63) is 39.4 Å². The fourth-order valence-electron chi connectivity index (χ4n) is 1.40. The maximum atomic E-state index is 12.1. The van der Waals surface area contributed by atoms with Gasteiger partial charge < -0.3 is 0 Å². The standard InChI is InChI=1S/C11H10N2O2S3/c1-8(9-4-5-16-7-9)13-18(14,15)11-3-2-10(6-12)17-11/h2-5,7-8,13H,1H3. The lowest BCUT2D eigenvalue weighted by Gasteiger charge is -2.11. The van der Waals surface area contributed by atoms with Crippen LogP contribution >= 0.6 is 22.7 Å². The highest BCUT2D eigenvalue weighted by molar-refractivity contribution is 7.91. The molecule has 0 aliphatic heterocycles. The van der Waals surface area contributed by atoms with Crippen molar-refractivity contribution in [2.24, 2.45) is 0 Å². The molecule has 1 unspecified atom stereocenters. The molecular weight excluding hydrogens is 288 g/mol. The lowest BCUT2D eigenvalue weighted by molar-refractivity contribution is 0.569. The van der Waals surface area contributed by atoms with Crippen molar-refractivity contribution in [1.29, 1.82) is 5.26 Å². The summed E-state index contributed by atoms with van der Waals surface area (Å²) in [6.45, 7) is 1.79. The van der Waals surface area contributed by atoms with Crippen LogP contribution in [0.5, 0.6) is 0 Å². The highest BCUT2D eigenvalue weighted by Crippen LogP contribution is 2.23. The van der Waals surface area contributed by atoms with Gasteiger partial charge in [-0.2, -0.15) is 16.6 Å². The van der Waals surface area contributed by atoms with Crippen molar-refractivity contribution in [3.8, 4) is 6.07 Å². The molecule has 1 atom stereocenters. The van der Waals surface area contributed by atoms with Gasteiger partial charge in [-0.05, 0) is 41.4 Å². The van der Waals surface area contributed by atoms with Gasteiger partial charge in [-0.25, -0.2) is 13.1 Å². The molecule has 0 aliphatic carbocycles. The monoisotopic (exact) mass is 298 g/mol. The lowest BCUT2D eigenvalue weighted by Crippen LogP contribution is -2.25. The molecule has 7 heteroatoms. The van der Waals surface area contributed by atoms with E-state index in [0.717, 1.165) is 16.9 Å². The lowest BCUT2D eigenvalue weighted by atomic mass is 10.2. The molecule has 0 aromatic carbocycles. The second-order valence-electron chi connectivity index (χ2n) is 3.63. The van der Waals surface area contributed by atoms with E-state index in [2.05, 4.69) is 4.72 Å². The van der Waals surface area contributed by atoms with E-state index < -0.39 is 10.0 Å². The van der Waals surface area contributed by atoms with Gasteiger partial charge in [0, 0.05) is 6.04 Å². The van der Waals surface area contributed by atoms with Crippen molar-refractivity contribution in [1.82, 2.24) is 4.72 Å². The van der Waals surface area contributed by atoms with Crippen LogP contribution in [0.25, 0.3) is 0 Å². The van der Waals surface area contributed by atoms with Crippen LogP contribution in [0, 0.1) is 11.3 Å². The molecule has 2 aromatic rings. The predicted octanol–water partition coefficient (Wildman–Crippen LogP) is 2.72. The van der Waals surface area contributed by atoms with Crippen LogP contribution in [0.15, 0.2) is 33.2 Å². The zero-order valence-electron chi connectivity index (χ0n) is 9.45. The van der Waals surface area contributed by atoms with Gasteiger partial charge in [0.1, 0.15) is 15.2 Å². The van der Waals surface area contributed by atoms with E-state index in [-0.39, 0.29) is 10.3 Å². The molecule has 0 fully saturated rings. The van der Waals surface area contributed by atoms with Gasteiger partial charge in [0.25, 0.3) is 10.0 Å². The molecule has 18 heavy (non-hydrogen) atoms. The zero-order chi connectivity index (χ0) is 13.2. The fraction of sp³-hybridized carbons (Fsp3) is 0.182. The van der Waals surface area contributed by atoms with E-state index in [9.17, 15) is 8.42 Å². The van der Waals surface area contributed by atoms with Crippen molar-refractivity contribution in [2.75, 3.05) is 0 Å². The molecule has 4 nitrogen and oxygen atoms in total. The molecule has 0 amide bonds. The third-order valence-electron chi connectivity index (χ3n) is 2.33. The topological polar surface area (TPSA) is 70.0 Å². The average molecular weight is 298 g/mol. The molecular formula is C11H10N2O2S3. The summed E-state index contributed by atoms with van der Waals surface area (Å²) in [6, 6.07) is 6.49. The number of sulfonamides is 1. The summed E-state index contributed by atoms with van der Waals surface area (Å²) >= 11 is 2.49. The summed E-state index contributed by atoms with van der Waals surface area (Å²) in [5.74, 6) is 0. The highest BCUT2D eigenvalue weighted by Gasteiger charge is 2.20. The molecule has 0 saturated carbocycles. The second kappa shape index (κ2) is 5.20. The van der Waals surface area contributed by atoms with Crippen LogP contribution in [-0.2, 0) is 10.0 Å². The Bertz CT molecular complexity index is 665. The van der Waals surface area contributed by atoms with E-state index in [4.69, 9.17) is 5.26 Å². The largest absolute Gasteiger partial charge is 0.250 e. The Morgan fingerprint density at radius 2 is 2.17 bits per heavy atom. The maximum absolute atomic E-state index is 12.1. The summed E-state index contributed by atoms with van der Waals surface area (Å²) in [7, 11) is -3.55. The quantitative estimate of drug-likeness (QED) is 0.943. The highest BCUT2D eigenvalue weighted by atomic mass is 32.2. The number of nitrogens with zero attached hydrogens (tertiary/aromatic N) is 1. The molecule has 0 spiro atoms. The first-order valence-corrected chi connectivity index (χ1v) is 8.31. The molecule has 0 aliphatic rings. The van der Waals surface area contributed by atoms with Gasteiger partial charge in [-0.1, -0.05) is 0 Å². The summed E-state index contributed by atoms with van der Waals surface area (Å²) in [5.41, 5.74) is 0.931. The fourth-order valence-corrected chi connectivity index (χ4v) is 4.51. The minimum absolute atomic E-state index is 0.168. The normalized spacial score (nSPS) is 13.1. The van der Waals surface area contributed by atoms with E-state index in [1.807, 2.05) is 22.9 Å². The van der Waals surface area contributed by atoms with E-state index in [1.165, 1.54) is 23.5 Å². The first-order chi connectivity index (χ1) is 8.53. The smallest absolute Gasteiger partial charge is 0.206 e. The Morgan fingerprint density at radius 3 is 2.72 bits per heavy atom. The number of hydrogen-bond acceptors (Lipinski definition) is 5. The van der Waals surface area contributed by atoms with E-state index in [1.54, 1.807) is 6.92 Å². The van der Waals surface area contributed by atoms with Gasteiger partial charge >= 0.3 is 0 Å². The van der Waals surface area contributed by atoms with Crippen molar-refractivity contribution in [3.63, 3.8) is 0 Å². The average Bonchev–Trinajstić information content (AvgIpc) is 3.00. The van der Waals surface area contributed by atoms with Crippen molar-refractivity contribution in [2.45, 2.75) is 17.2 Å². The maximum Gasteiger partial charge on any atom is 0.250 e. The van der Waals surface area contributed by atoms with Crippen LogP contribution in [0.2, 0.25) is 0 Å². The minimum Gasteiger partial charge on any atom is -0.206 e. The SMILES string of the molecule is CC(NS(=O)(=O)c1ccc(C#N)s1)c1ccsc1. The number of rotatable bonds is 4. The van der Waals surface area contributed by atoms with E-state index >= 15 is 0 Å². The zero-order valence-corrected chi connectivity index (χ0v) is 11.9. The first-order valence-electron chi connectivity index (χ1n) is 5.07. The Balaban J connectivity index is 2.20. The van der Waals surface area contributed by atoms with Crippen molar-refractivity contribution >= 4 is 32.7 Å². The number of nitrogens with one attached hydrogen (secondary N) is 1. The van der Waals surface area contributed by atoms with Gasteiger partial charge in [-0.3, -0.25) is 0 Å². The summed E-state index contributed by atoms with van der Waals surface area (Å²) in [5, 5.41) is 12.5. The molecule has 2 aromatic heterocycles. The van der Waals surface area contributed by atoms with Gasteiger partial charge in [0.05, 0.1) is 0 Å². The van der Waals surface area contributed by atoms with Crippen LogP contribution < -0.4 is 4.72 Å². The molecule has 0 bridgehead atoms. The number of thiophene rings is 2. The van der Waals surface area contributed by atoms with Crippen molar-refractivity contribution < 1.29 is 8.42 Å². The van der Waals surface area contributed by atoms with Gasteiger partial charge in [0.15, 0.2) is 0 Å². The predicted molar refractivity (Wildman–Crippen MR) is 72.1 cm³/mol. The summed E-state index contributed by atoms with van der Waals surface area (Å²) in [6.07, 6.45) is 0. The van der Waals surface area contributed by atoms with Crippen LogP contribution in [0.4, 0.5) is 0 Å². The Labute approximate surface area is 114 Å².